The lowest BCUT2D eigenvalue weighted by Crippen LogP contribution is -2.33. The third-order valence-corrected chi connectivity index (χ3v) is 7.62. The van der Waals surface area contributed by atoms with E-state index in [-0.39, 0.29) is 5.92 Å². The number of fused-ring (bicyclic) bond motifs is 2. The summed E-state index contributed by atoms with van der Waals surface area (Å²) >= 11 is 3.76. The molecule has 0 saturated carbocycles. The first kappa shape index (κ1) is 18.0. The van der Waals surface area contributed by atoms with E-state index >= 15 is 0 Å². The van der Waals surface area contributed by atoms with Crippen molar-refractivity contribution in [1.29, 1.82) is 0 Å². The number of nitrogens with zero attached hydrogens (tertiary/aromatic N) is 1. The lowest BCUT2D eigenvalue weighted by atomic mass is 9.89. The van der Waals surface area contributed by atoms with Crippen LogP contribution in [0.15, 0.2) is 50.4 Å². The van der Waals surface area contributed by atoms with Crippen LogP contribution in [0.3, 0.4) is 0 Å². The SMILES string of the molecule is CC(C)C(=O)CCN1CCC(=C2c3ccccc3Sc3sccc32)CC1. The molecule has 0 amide bonds. The van der Waals surface area contributed by atoms with E-state index in [1.807, 2.05) is 36.9 Å². The lowest BCUT2D eigenvalue weighted by Gasteiger charge is -2.31. The van der Waals surface area contributed by atoms with Gasteiger partial charge in [0.15, 0.2) is 0 Å². The van der Waals surface area contributed by atoms with Gasteiger partial charge < -0.3 is 4.90 Å². The molecule has 2 aliphatic rings. The molecule has 4 rings (SSSR count). The first-order chi connectivity index (χ1) is 12.6. The van der Waals surface area contributed by atoms with Crippen molar-refractivity contribution in [2.45, 2.75) is 42.2 Å². The summed E-state index contributed by atoms with van der Waals surface area (Å²) in [5, 5.41) is 2.22. The van der Waals surface area contributed by atoms with Crippen molar-refractivity contribution in [2.75, 3.05) is 19.6 Å². The summed E-state index contributed by atoms with van der Waals surface area (Å²) in [6.07, 6.45) is 2.91. The van der Waals surface area contributed by atoms with E-state index in [1.54, 1.807) is 5.57 Å². The Morgan fingerprint density at radius 3 is 2.65 bits per heavy atom. The van der Waals surface area contributed by atoms with Crippen molar-refractivity contribution in [1.82, 2.24) is 4.90 Å². The molecule has 1 saturated heterocycles. The Morgan fingerprint density at radius 2 is 1.88 bits per heavy atom. The van der Waals surface area contributed by atoms with Crippen LogP contribution in [0, 0.1) is 5.92 Å². The molecule has 0 spiro atoms. The summed E-state index contributed by atoms with van der Waals surface area (Å²) in [7, 11) is 0. The van der Waals surface area contributed by atoms with Crippen LogP contribution < -0.4 is 0 Å². The molecule has 0 atom stereocenters. The van der Waals surface area contributed by atoms with Gasteiger partial charge >= 0.3 is 0 Å². The van der Waals surface area contributed by atoms with E-state index in [0.29, 0.717) is 12.2 Å². The van der Waals surface area contributed by atoms with Gasteiger partial charge in [-0.25, -0.2) is 0 Å². The fraction of sp³-hybridized carbons (Fsp3) is 0.409. The number of hydrogen-bond acceptors (Lipinski definition) is 4. The molecule has 0 radical (unpaired) electrons. The fourth-order valence-electron chi connectivity index (χ4n) is 3.80. The van der Waals surface area contributed by atoms with Gasteiger partial charge in [-0.3, -0.25) is 4.79 Å². The van der Waals surface area contributed by atoms with Crippen molar-refractivity contribution in [3.05, 3.63) is 52.4 Å². The summed E-state index contributed by atoms with van der Waals surface area (Å²) in [4.78, 5) is 15.7. The molecule has 1 aromatic heterocycles. The maximum Gasteiger partial charge on any atom is 0.136 e. The number of Topliss-reactive ketones (excluding diaryl/α,β-unsaturated/α-hetero) is 1. The van der Waals surface area contributed by atoms with Crippen LogP contribution in [0.4, 0.5) is 0 Å². The normalized spacial score (nSPS) is 17.3. The number of ketones is 1. The standard InChI is InChI=1S/C22H25NOS2/c1-15(2)19(24)9-13-23-11-7-16(8-12-23)21-17-5-3-4-6-20(17)26-22-18(21)10-14-25-22/h3-6,10,14-15H,7-9,11-13H2,1-2H3. The zero-order valence-corrected chi connectivity index (χ0v) is 17.1. The van der Waals surface area contributed by atoms with Crippen molar-refractivity contribution in [3.63, 3.8) is 0 Å². The second-order valence-corrected chi connectivity index (χ2v) is 9.64. The number of thiophene rings is 1. The van der Waals surface area contributed by atoms with Gasteiger partial charge in [0.2, 0.25) is 0 Å². The minimum absolute atomic E-state index is 0.158. The molecular formula is C22H25NOS2. The first-order valence-electron chi connectivity index (χ1n) is 9.45. The van der Waals surface area contributed by atoms with Crippen molar-refractivity contribution < 1.29 is 4.79 Å². The van der Waals surface area contributed by atoms with Crippen LogP contribution in [0.5, 0.6) is 0 Å². The van der Waals surface area contributed by atoms with Crippen molar-refractivity contribution >= 4 is 34.5 Å². The minimum atomic E-state index is 0.158. The molecular weight excluding hydrogens is 358 g/mol. The Hall–Kier alpha value is -1.36. The summed E-state index contributed by atoms with van der Waals surface area (Å²) in [5.74, 6) is 0.543. The first-order valence-corrected chi connectivity index (χ1v) is 11.2. The molecule has 1 aromatic carbocycles. The molecule has 0 N–H and O–H groups in total. The van der Waals surface area contributed by atoms with E-state index in [0.717, 1.165) is 32.5 Å². The number of likely N-dealkylation sites (tertiary alicyclic amines) is 1. The largest absolute Gasteiger partial charge is 0.302 e. The number of rotatable bonds is 4. The molecule has 0 unspecified atom stereocenters. The Labute approximate surface area is 164 Å². The second kappa shape index (κ2) is 7.71. The predicted octanol–water partition coefficient (Wildman–Crippen LogP) is 5.73. The molecule has 26 heavy (non-hydrogen) atoms. The Balaban J connectivity index is 1.54. The van der Waals surface area contributed by atoms with Gasteiger partial charge in [-0.15, -0.1) is 11.3 Å². The zero-order chi connectivity index (χ0) is 18.1. The number of hydrogen-bond donors (Lipinski definition) is 0. The molecule has 0 aliphatic carbocycles. The maximum absolute atomic E-state index is 11.9. The van der Waals surface area contributed by atoms with Crippen LogP contribution in [0.2, 0.25) is 0 Å². The molecule has 2 nitrogen and oxygen atoms in total. The van der Waals surface area contributed by atoms with E-state index in [2.05, 4.69) is 40.6 Å². The van der Waals surface area contributed by atoms with Gasteiger partial charge in [0.1, 0.15) is 5.78 Å². The lowest BCUT2D eigenvalue weighted by molar-refractivity contribution is -0.122. The molecule has 3 heterocycles. The van der Waals surface area contributed by atoms with Crippen LogP contribution in [0.1, 0.15) is 44.2 Å². The topological polar surface area (TPSA) is 20.3 Å². The highest BCUT2D eigenvalue weighted by molar-refractivity contribution is 8.01. The molecule has 0 bridgehead atoms. The molecule has 136 valence electrons. The maximum atomic E-state index is 11.9. The van der Waals surface area contributed by atoms with E-state index in [4.69, 9.17) is 0 Å². The number of carbonyl (C=O) groups is 1. The fourth-order valence-corrected chi connectivity index (χ4v) is 5.96. The van der Waals surface area contributed by atoms with Crippen LogP contribution in [0.25, 0.3) is 5.57 Å². The van der Waals surface area contributed by atoms with Gasteiger partial charge in [0.05, 0.1) is 4.21 Å². The number of carbonyl (C=O) groups excluding carboxylic acids is 1. The highest BCUT2D eigenvalue weighted by Gasteiger charge is 2.26. The molecule has 2 aromatic rings. The van der Waals surface area contributed by atoms with Gasteiger partial charge in [0.25, 0.3) is 0 Å². The molecule has 2 aliphatic heterocycles. The minimum Gasteiger partial charge on any atom is -0.302 e. The average molecular weight is 384 g/mol. The third kappa shape index (κ3) is 3.55. The van der Waals surface area contributed by atoms with Crippen molar-refractivity contribution in [2.24, 2.45) is 5.92 Å². The molecule has 1 fully saturated rings. The monoisotopic (exact) mass is 383 g/mol. The van der Waals surface area contributed by atoms with Gasteiger partial charge in [-0.2, -0.15) is 0 Å². The summed E-state index contributed by atoms with van der Waals surface area (Å²) < 4.78 is 1.43. The van der Waals surface area contributed by atoms with Gasteiger partial charge in [-0.1, -0.05) is 49.4 Å². The Morgan fingerprint density at radius 1 is 1.12 bits per heavy atom. The Bertz CT molecular complexity index is 839. The quantitative estimate of drug-likeness (QED) is 0.574. The highest BCUT2D eigenvalue weighted by Crippen LogP contribution is 2.49. The van der Waals surface area contributed by atoms with Gasteiger partial charge in [0, 0.05) is 42.4 Å². The van der Waals surface area contributed by atoms with Gasteiger partial charge in [-0.05, 0) is 41.5 Å². The van der Waals surface area contributed by atoms with E-state index < -0.39 is 0 Å². The number of piperidine rings is 1. The summed E-state index contributed by atoms with van der Waals surface area (Å²) in [6.45, 7) is 7.05. The Kier molecular flexibility index (Phi) is 5.35. The van der Waals surface area contributed by atoms with E-state index in [1.165, 1.54) is 25.8 Å². The molecule has 4 heteroatoms. The smallest absolute Gasteiger partial charge is 0.136 e. The van der Waals surface area contributed by atoms with Crippen LogP contribution in [-0.4, -0.2) is 30.3 Å². The number of benzene rings is 1. The predicted molar refractivity (Wildman–Crippen MR) is 111 cm³/mol. The summed E-state index contributed by atoms with van der Waals surface area (Å²) in [6, 6.07) is 11.1. The van der Waals surface area contributed by atoms with E-state index in [9.17, 15) is 4.79 Å². The highest BCUT2D eigenvalue weighted by atomic mass is 32.2. The average Bonchev–Trinajstić information content (AvgIpc) is 3.12. The zero-order valence-electron chi connectivity index (χ0n) is 15.5. The van der Waals surface area contributed by atoms with Crippen LogP contribution >= 0.6 is 23.1 Å². The summed E-state index contributed by atoms with van der Waals surface area (Å²) in [5.41, 5.74) is 5.90. The van der Waals surface area contributed by atoms with Crippen molar-refractivity contribution in [3.8, 4) is 0 Å². The van der Waals surface area contributed by atoms with Crippen LogP contribution in [-0.2, 0) is 4.79 Å². The second-order valence-electron chi connectivity index (χ2n) is 7.41. The third-order valence-electron chi connectivity index (χ3n) is 5.39.